The Bertz CT molecular complexity index is 937. The van der Waals surface area contributed by atoms with Crippen LogP contribution in [-0.2, 0) is 11.0 Å². The van der Waals surface area contributed by atoms with Crippen molar-refractivity contribution in [1.82, 2.24) is 9.88 Å². The number of benzene rings is 1. The van der Waals surface area contributed by atoms with Crippen molar-refractivity contribution in [3.8, 4) is 11.5 Å². The molecule has 2 aliphatic heterocycles. The van der Waals surface area contributed by atoms with Gasteiger partial charge in [0.25, 0.3) is 0 Å². The van der Waals surface area contributed by atoms with Crippen molar-refractivity contribution in [3.05, 3.63) is 42.1 Å². The summed E-state index contributed by atoms with van der Waals surface area (Å²) in [5, 5.41) is 2.89. The number of nitrogens with one attached hydrogen (secondary N) is 1. The fourth-order valence-electron chi connectivity index (χ4n) is 3.74. The first-order valence-corrected chi connectivity index (χ1v) is 10.6. The van der Waals surface area contributed by atoms with Crippen LogP contribution in [0.15, 0.2) is 36.5 Å². The van der Waals surface area contributed by atoms with Crippen LogP contribution in [0.3, 0.4) is 0 Å². The zero-order valence-electron chi connectivity index (χ0n) is 17.5. The molecule has 1 aromatic carbocycles. The Balaban J connectivity index is 1.30. The predicted octanol–water partition coefficient (Wildman–Crippen LogP) is 3.41. The average molecular weight is 450 g/mol. The number of hydrogen-bond donors (Lipinski definition) is 1. The molecule has 0 atom stereocenters. The second-order valence-corrected chi connectivity index (χ2v) is 7.78. The monoisotopic (exact) mass is 450 g/mol. The summed E-state index contributed by atoms with van der Waals surface area (Å²) in [6.45, 7) is 3.97. The molecule has 32 heavy (non-hydrogen) atoms. The topological polar surface area (TPSA) is 66.9 Å². The second-order valence-electron chi connectivity index (χ2n) is 7.78. The molecule has 172 valence electrons. The van der Waals surface area contributed by atoms with Crippen LogP contribution in [0.2, 0.25) is 0 Å². The number of alkyl halides is 3. The quantitative estimate of drug-likeness (QED) is 0.770. The van der Waals surface area contributed by atoms with E-state index in [-0.39, 0.29) is 12.5 Å². The summed E-state index contributed by atoms with van der Waals surface area (Å²) in [5.41, 5.74) is -0.117. The molecule has 7 nitrogen and oxygen atoms in total. The third-order valence-electron chi connectivity index (χ3n) is 5.39. The van der Waals surface area contributed by atoms with Gasteiger partial charge in [0.05, 0.1) is 25.3 Å². The van der Waals surface area contributed by atoms with Crippen LogP contribution in [0.25, 0.3) is 0 Å². The number of fused-ring (bicyclic) bond motifs is 1. The molecule has 2 aromatic rings. The summed E-state index contributed by atoms with van der Waals surface area (Å²) in [6.07, 6.45) is -1.95. The van der Waals surface area contributed by atoms with Crippen LogP contribution < -0.4 is 19.7 Å². The minimum Gasteiger partial charge on any atom is -0.490 e. The maximum absolute atomic E-state index is 12.7. The van der Waals surface area contributed by atoms with Gasteiger partial charge in [-0.3, -0.25) is 9.69 Å². The molecule has 0 saturated carbocycles. The lowest BCUT2D eigenvalue weighted by atomic mass is 10.2. The molecule has 0 radical (unpaired) electrons. The first kappa shape index (κ1) is 22.2. The van der Waals surface area contributed by atoms with Crippen molar-refractivity contribution in [3.63, 3.8) is 0 Å². The number of nitrogens with zero attached hydrogens (tertiary/aromatic N) is 3. The molecular formula is C22H25F3N4O3. The van der Waals surface area contributed by atoms with E-state index < -0.39 is 11.7 Å². The minimum atomic E-state index is -4.40. The molecule has 4 rings (SSSR count). The van der Waals surface area contributed by atoms with E-state index in [1.165, 1.54) is 6.07 Å². The molecule has 2 aliphatic rings. The van der Waals surface area contributed by atoms with Gasteiger partial charge < -0.3 is 19.7 Å². The van der Waals surface area contributed by atoms with Crippen molar-refractivity contribution >= 4 is 17.4 Å². The van der Waals surface area contributed by atoms with E-state index in [1.54, 1.807) is 18.2 Å². The summed E-state index contributed by atoms with van der Waals surface area (Å²) in [5.74, 6) is 1.66. The standard InChI is InChI=1S/C22H25F3N4O3/c23-22(24,25)16-3-6-20(26-14-16)29-8-1-7-28(9-10-29)15-21(30)27-17-4-5-18-19(13-17)32-12-2-11-31-18/h3-6,13-14H,1-2,7-12,15H2,(H,27,30). The van der Waals surface area contributed by atoms with Gasteiger partial charge in [0.1, 0.15) is 5.82 Å². The van der Waals surface area contributed by atoms with Gasteiger partial charge in [-0.2, -0.15) is 13.2 Å². The molecule has 1 amide bonds. The molecule has 0 aliphatic carbocycles. The predicted molar refractivity (Wildman–Crippen MR) is 113 cm³/mol. The van der Waals surface area contributed by atoms with E-state index in [0.717, 1.165) is 25.1 Å². The summed E-state index contributed by atoms with van der Waals surface area (Å²) in [7, 11) is 0. The summed E-state index contributed by atoms with van der Waals surface area (Å²) in [6, 6.07) is 7.78. The zero-order chi connectivity index (χ0) is 22.6. The highest BCUT2D eigenvalue weighted by Crippen LogP contribution is 2.32. The Hall–Kier alpha value is -3.01. The third kappa shape index (κ3) is 5.61. The van der Waals surface area contributed by atoms with Crippen LogP contribution >= 0.6 is 0 Å². The third-order valence-corrected chi connectivity index (χ3v) is 5.39. The fourth-order valence-corrected chi connectivity index (χ4v) is 3.74. The van der Waals surface area contributed by atoms with Gasteiger partial charge in [0, 0.05) is 50.6 Å². The lowest BCUT2D eigenvalue weighted by Crippen LogP contribution is -2.36. The number of anilines is 2. The van der Waals surface area contributed by atoms with Crippen LogP contribution in [-0.4, -0.2) is 61.7 Å². The van der Waals surface area contributed by atoms with Crippen molar-refractivity contribution in [2.24, 2.45) is 0 Å². The summed E-state index contributed by atoms with van der Waals surface area (Å²) < 4.78 is 49.5. The Morgan fingerprint density at radius 3 is 2.56 bits per heavy atom. The van der Waals surface area contributed by atoms with Gasteiger partial charge in [0.15, 0.2) is 11.5 Å². The first-order chi connectivity index (χ1) is 15.4. The largest absolute Gasteiger partial charge is 0.490 e. The van der Waals surface area contributed by atoms with Crippen molar-refractivity contribution in [2.45, 2.75) is 19.0 Å². The first-order valence-electron chi connectivity index (χ1n) is 10.6. The van der Waals surface area contributed by atoms with Crippen LogP contribution in [0, 0.1) is 0 Å². The maximum Gasteiger partial charge on any atom is 0.417 e. The Morgan fingerprint density at radius 2 is 1.81 bits per heavy atom. The Kier molecular flexibility index (Phi) is 6.69. The van der Waals surface area contributed by atoms with E-state index in [2.05, 4.69) is 10.3 Å². The zero-order valence-corrected chi connectivity index (χ0v) is 17.5. The van der Waals surface area contributed by atoms with E-state index in [0.29, 0.717) is 62.4 Å². The van der Waals surface area contributed by atoms with E-state index in [9.17, 15) is 18.0 Å². The number of halogens is 3. The molecular weight excluding hydrogens is 425 g/mol. The van der Waals surface area contributed by atoms with Gasteiger partial charge in [-0.25, -0.2) is 4.98 Å². The number of ether oxygens (including phenoxy) is 2. The Morgan fingerprint density at radius 1 is 1.00 bits per heavy atom. The van der Waals surface area contributed by atoms with E-state index in [4.69, 9.17) is 9.47 Å². The van der Waals surface area contributed by atoms with Gasteiger partial charge in [0.2, 0.25) is 5.91 Å². The Labute approximate surface area is 184 Å². The van der Waals surface area contributed by atoms with Crippen LogP contribution in [0.5, 0.6) is 11.5 Å². The molecule has 0 unspecified atom stereocenters. The molecule has 0 spiro atoms. The molecule has 0 bridgehead atoms. The molecule has 1 saturated heterocycles. The second kappa shape index (κ2) is 9.64. The number of aromatic nitrogens is 1. The van der Waals surface area contributed by atoms with Crippen molar-refractivity contribution < 1.29 is 27.4 Å². The highest BCUT2D eigenvalue weighted by Gasteiger charge is 2.31. The fraction of sp³-hybridized carbons (Fsp3) is 0.455. The average Bonchev–Trinajstić information content (AvgIpc) is 3.13. The number of pyridine rings is 1. The van der Waals surface area contributed by atoms with Gasteiger partial charge >= 0.3 is 6.18 Å². The van der Waals surface area contributed by atoms with Crippen molar-refractivity contribution in [2.75, 3.05) is 56.2 Å². The molecule has 10 heteroatoms. The summed E-state index contributed by atoms with van der Waals surface area (Å²) in [4.78, 5) is 20.5. The lowest BCUT2D eigenvalue weighted by molar-refractivity contribution is -0.137. The highest BCUT2D eigenvalue weighted by atomic mass is 19.4. The van der Waals surface area contributed by atoms with Gasteiger partial charge in [-0.1, -0.05) is 0 Å². The van der Waals surface area contributed by atoms with E-state index in [1.807, 2.05) is 9.80 Å². The highest BCUT2D eigenvalue weighted by molar-refractivity contribution is 5.92. The molecule has 1 fully saturated rings. The number of hydrogen-bond acceptors (Lipinski definition) is 6. The lowest BCUT2D eigenvalue weighted by Gasteiger charge is -2.23. The van der Waals surface area contributed by atoms with E-state index >= 15 is 0 Å². The van der Waals surface area contributed by atoms with Crippen LogP contribution in [0.4, 0.5) is 24.7 Å². The minimum absolute atomic E-state index is 0.138. The molecule has 3 heterocycles. The van der Waals surface area contributed by atoms with Crippen LogP contribution in [0.1, 0.15) is 18.4 Å². The molecule has 1 aromatic heterocycles. The van der Waals surface area contributed by atoms with Gasteiger partial charge in [-0.15, -0.1) is 0 Å². The van der Waals surface area contributed by atoms with Crippen molar-refractivity contribution in [1.29, 1.82) is 0 Å². The van der Waals surface area contributed by atoms with Gasteiger partial charge in [-0.05, 0) is 30.7 Å². The number of amides is 1. The molecule has 1 N–H and O–H groups in total. The number of rotatable bonds is 4. The number of carbonyl (C=O) groups is 1. The SMILES string of the molecule is O=C(CN1CCCN(c2ccc(C(F)(F)F)cn2)CC1)Nc1ccc2c(c1)OCCCO2. The summed E-state index contributed by atoms with van der Waals surface area (Å²) >= 11 is 0. The maximum atomic E-state index is 12.7. The number of carbonyl (C=O) groups excluding carboxylic acids is 1. The smallest absolute Gasteiger partial charge is 0.417 e. The normalized spacial score (nSPS) is 17.4.